The number of morpholine rings is 1. The van der Waals surface area contributed by atoms with Gasteiger partial charge in [-0.05, 0) is 37.6 Å². The summed E-state index contributed by atoms with van der Waals surface area (Å²) in [5.74, 6) is 1.45. The molecule has 190 valence electrons. The summed E-state index contributed by atoms with van der Waals surface area (Å²) in [7, 11) is 0. The van der Waals surface area contributed by atoms with Crippen LogP contribution in [0.2, 0.25) is 0 Å². The Hall–Kier alpha value is -3.07. The van der Waals surface area contributed by atoms with Gasteiger partial charge in [-0.25, -0.2) is 0 Å². The quantitative estimate of drug-likeness (QED) is 0.481. The molecule has 2 aliphatic rings. The van der Waals surface area contributed by atoms with E-state index in [1.807, 2.05) is 29.2 Å². The molecule has 3 aromatic rings. The van der Waals surface area contributed by atoms with Crippen molar-refractivity contribution in [3.8, 4) is 11.4 Å². The number of amides is 1. The lowest BCUT2D eigenvalue weighted by Crippen LogP contribution is -2.48. The fourth-order valence-corrected chi connectivity index (χ4v) is 4.81. The molecule has 0 atom stereocenters. The van der Waals surface area contributed by atoms with Crippen LogP contribution in [0.5, 0.6) is 0 Å². The van der Waals surface area contributed by atoms with E-state index >= 15 is 0 Å². The Balaban J connectivity index is 1.06. The van der Waals surface area contributed by atoms with Gasteiger partial charge >= 0.3 is 0 Å². The molecule has 0 bridgehead atoms. The lowest BCUT2D eigenvalue weighted by molar-refractivity contribution is 0.0341. The van der Waals surface area contributed by atoms with E-state index in [0.717, 1.165) is 89.5 Å². The molecule has 0 radical (unpaired) electrons. The van der Waals surface area contributed by atoms with Gasteiger partial charge in [-0.2, -0.15) is 4.98 Å². The molecule has 8 nitrogen and oxygen atoms in total. The van der Waals surface area contributed by atoms with Crippen molar-refractivity contribution in [1.82, 2.24) is 24.8 Å². The van der Waals surface area contributed by atoms with Crippen LogP contribution in [-0.4, -0.2) is 89.8 Å². The topological polar surface area (TPSA) is 74.9 Å². The van der Waals surface area contributed by atoms with Crippen LogP contribution >= 0.6 is 0 Å². The van der Waals surface area contributed by atoms with Crippen LogP contribution < -0.4 is 0 Å². The van der Waals surface area contributed by atoms with E-state index < -0.39 is 0 Å². The molecular weight excluding hydrogens is 454 g/mol. The number of piperazine rings is 1. The molecule has 2 aliphatic heterocycles. The number of carbonyl (C=O) groups is 1. The third-order valence-electron chi connectivity index (χ3n) is 6.99. The van der Waals surface area contributed by atoms with Crippen LogP contribution in [-0.2, 0) is 17.7 Å². The van der Waals surface area contributed by atoms with Gasteiger partial charge in [0.15, 0.2) is 0 Å². The van der Waals surface area contributed by atoms with E-state index in [0.29, 0.717) is 11.7 Å². The largest absolute Gasteiger partial charge is 0.379 e. The lowest BCUT2D eigenvalue weighted by Gasteiger charge is -2.34. The second-order valence-corrected chi connectivity index (χ2v) is 9.70. The predicted octanol–water partition coefficient (Wildman–Crippen LogP) is 3.27. The Bertz CT molecular complexity index is 1130. The number of rotatable bonds is 8. The SMILES string of the molecule is Cc1ccc(-c2noc(CCCN3CCN(C(=O)c4cccc(CN5CCOCC5)c4)CC3)n2)cc1. The lowest BCUT2D eigenvalue weighted by atomic mass is 10.1. The highest BCUT2D eigenvalue weighted by molar-refractivity contribution is 5.94. The average Bonchev–Trinajstić information content (AvgIpc) is 3.39. The summed E-state index contributed by atoms with van der Waals surface area (Å²) >= 11 is 0. The molecule has 2 saturated heterocycles. The molecule has 0 unspecified atom stereocenters. The average molecular weight is 490 g/mol. The third-order valence-corrected chi connectivity index (χ3v) is 6.99. The molecule has 0 saturated carbocycles. The van der Waals surface area contributed by atoms with Crippen molar-refractivity contribution in [3.63, 3.8) is 0 Å². The molecule has 5 rings (SSSR count). The standard InChI is InChI=1S/C28H35N5O3/c1-22-7-9-24(10-8-22)27-29-26(36-30-27)6-3-11-31-12-14-33(15-13-31)28(34)25-5-2-4-23(20-25)21-32-16-18-35-19-17-32/h2,4-5,7-10,20H,3,6,11-19,21H2,1H3. The summed E-state index contributed by atoms with van der Waals surface area (Å²) in [5, 5.41) is 4.13. The Morgan fingerprint density at radius 3 is 2.50 bits per heavy atom. The van der Waals surface area contributed by atoms with Crippen LogP contribution in [0, 0.1) is 6.92 Å². The van der Waals surface area contributed by atoms with E-state index in [9.17, 15) is 4.79 Å². The maximum atomic E-state index is 13.1. The smallest absolute Gasteiger partial charge is 0.253 e. The van der Waals surface area contributed by atoms with Crippen molar-refractivity contribution >= 4 is 5.91 Å². The number of aromatic nitrogens is 2. The molecule has 2 fully saturated rings. The van der Waals surface area contributed by atoms with Crippen LogP contribution in [0.4, 0.5) is 0 Å². The molecule has 0 aliphatic carbocycles. The zero-order valence-corrected chi connectivity index (χ0v) is 21.1. The first kappa shape index (κ1) is 24.6. The Morgan fingerprint density at radius 2 is 1.72 bits per heavy atom. The van der Waals surface area contributed by atoms with Gasteiger partial charge in [0.2, 0.25) is 11.7 Å². The summed E-state index contributed by atoms with van der Waals surface area (Å²) in [6, 6.07) is 16.2. The van der Waals surface area contributed by atoms with Gasteiger partial charge in [0.1, 0.15) is 0 Å². The Morgan fingerprint density at radius 1 is 0.944 bits per heavy atom. The van der Waals surface area contributed by atoms with Crippen molar-refractivity contribution in [1.29, 1.82) is 0 Å². The first-order valence-corrected chi connectivity index (χ1v) is 12.9. The minimum absolute atomic E-state index is 0.132. The van der Waals surface area contributed by atoms with E-state index in [-0.39, 0.29) is 5.91 Å². The summed E-state index contributed by atoms with van der Waals surface area (Å²) in [5.41, 5.74) is 4.16. The molecule has 1 amide bonds. The number of ether oxygens (including phenoxy) is 1. The number of hydrogen-bond donors (Lipinski definition) is 0. The maximum absolute atomic E-state index is 13.1. The number of carbonyl (C=O) groups excluding carboxylic acids is 1. The van der Waals surface area contributed by atoms with Crippen LogP contribution in [0.25, 0.3) is 11.4 Å². The number of nitrogens with zero attached hydrogens (tertiary/aromatic N) is 5. The number of hydrogen-bond acceptors (Lipinski definition) is 7. The monoisotopic (exact) mass is 489 g/mol. The summed E-state index contributed by atoms with van der Waals surface area (Å²) < 4.78 is 10.9. The summed E-state index contributed by atoms with van der Waals surface area (Å²) in [4.78, 5) is 24.5. The minimum atomic E-state index is 0.132. The van der Waals surface area contributed by atoms with Crippen LogP contribution in [0.1, 0.15) is 33.8 Å². The zero-order valence-electron chi connectivity index (χ0n) is 21.1. The first-order chi connectivity index (χ1) is 17.6. The van der Waals surface area contributed by atoms with Gasteiger partial charge in [-0.15, -0.1) is 0 Å². The summed E-state index contributed by atoms with van der Waals surface area (Å²) in [6.45, 7) is 10.6. The second-order valence-electron chi connectivity index (χ2n) is 9.70. The molecule has 1 aromatic heterocycles. The molecule has 0 N–H and O–H groups in total. The molecule has 0 spiro atoms. The minimum Gasteiger partial charge on any atom is -0.379 e. The van der Waals surface area contributed by atoms with Gasteiger partial charge in [-0.3, -0.25) is 14.6 Å². The van der Waals surface area contributed by atoms with E-state index in [1.54, 1.807) is 0 Å². The maximum Gasteiger partial charge on any atom is 0.253 e. The molecular formula is C28H35N5O3. The molecule has 2 aromatic carbocycles. The fraction of sp³-hybridized carbons (Fsp3) is 0.464. The highest BCUT2D eigenvalue weighted by atomic mass is 16.5. The van der Waals surface area contributed by atoms with Crippen molar-refractivity contribution in [2.45, 2.75) is 26.3 Å². The van der Waals surface area contributed by atoms with Gasteiger partial charge in [0, 0.05) is 63.4 Å². The zero-order chi connectivity index (χ0) is 24.7. The summed E-state index contributed by atoms with van der Waals surface area (Å²) in [6.07, 6.45) is 1.71. The van der Waals surface area contributed by atoms with Crippen molar-refractivity contribution in [3.05, 3.63) is 71.1 Å². The van der Waals surface area contributed by atoms with E-state index in [4.69, 9.17) is 9.26 Å². The molecule has 8 heteroatoms. The molecule has 36 heavy (non-hydrogen) atoms. The number of aryl methyl sites for hydroxylation is 2. The van der Waals surface area contributed by atoms with Crippen LogP contribution in [0.3, 0.4) is 0 Å². The van der Waals surface area contributed by atoms with Crippen LogP contribution in [0.15, 0.2) is 53.1 Å². The van der Waals surface area contributed by atoms with E-state index in [1.165, 1.54) is 11.1 Å². The second kappa shape index (κ2) is 11.8. The van der Waals surface area contributed by atoms with Crippen molar-refractivity contribution in [2.75, 3.05) is 59.0 Å². The molecule has 3 heterocycles. The Labute approximate surface area is 212 Å². The fourth-order valence-electron chi connectivity index (χ4n) is 4.81. The third kappa shape index (κ3) is 6.37. The Kier molecular flexibility index (Phi) is 8.05. The van der Waals surface area contributed by atoms with Gasteiger partial charge < -0.3 is 14.2 Å². The number of benzene rings is 2. The van der Waals surface area contributed by atoms with Gasteiger partial charge in [0.05, 0.1) is 13.2 Å². The van der Waals surface area contributed by atoms with Gasteiger partial charge in [-0.1, -0.05) is 47.1 Å². The highest BCUT2D eigenvalue weighted by Gasteiger charge is 2.22. The highest BCUT2D eigenvalue weighted by Crippen LogP contribution is 2.17. The van der Waals surface area contributed by atoms with Gasteiger partial charge in [0.25, 0.3) is 5.91 Å². The van der Waals surface area contributed by atoms with Crippen molar-refractivity contribution in [2.24, 2.45) is 0 Å². The van der Waals surface area contributed by atoms with Crippen molar-refractivity contribution < 1.29 is 14.1 Å². The van der Waals surface area contributed by atoms with E-state index in [2.05, 4.69) is 51.1 Å². The predicted molar refractivity (Wildman–Crippen MR) is 138 cm³/mol. The normalized spacial score (nSPS) is 17.4. The first-order valence-electron chi connectivity index (χ1n) is 12.9.